The molecule has 28 heavy (non-hydrogen) atoms. The minimum atomic E-state index is -0.357. The summed E-state index contributed by atoms with van der Waals surface area (Å²) < 4.78 is 21.9. The van der Waals surface area contributed by atoms with Crippen LogP contribution in [0.15, 0.2) is 34.7 Å². The maximum atomic E-state index is 11.8. The van der Waals surface area contributed by atoms with Crippen LogP contribution in [0.5, 0.6) is 11.5 Å². The van der Waals surface area contributed by atoms with Crippen molar-refractivity contribution in [1.82, 2.24) is 4.98 Å². The lowest BCUT2D eigenvalue weighted by atomic mass is 10.2. The molecule has 1 aromatic carbocycles. The van der Waals surface area contributed by atoms with E-state index in [0.29, 0.717) is 40.3 Å². The van der Waals surface area contributed by atoms with Crippen LogP contribution in [0.1, 0.15) is 33.6 Å². The number of methoxy groups -OCH3 is 1. The molecule has 0 aliphatic heterocycles. The van der Waals surface area contributed by atoms with Crippen LogP contribution in [0, 0.1) is 6.92 Å². The number of rotatable bonds is 8. The third-order valence-corrected chi connectivity index (χ3v) is 5.01. The molecule has 148 valence electrons. The van der Waals surface area contributed by atoms with Gasteiger partial charge in [-0.05, 0) is 43.7 Å². The zero-order valence-electron chi connectivity index (χ0n) is 15.9. The van der Waals surface area contributed by atoms with Crippen molar-refractivity contribution < 1.29 is 28.5 Å². The molecule has 0 radical (unpaired) electrons. The summed E-state index contributed by atoms with van der Waals surface area (Å²) in [5.74, 6) is 1.78. The third-order valence-electron chi connectivity index (χ3n) is 3.96. The second kappa shape index (κ2) is 8.90. The van der Waals surface area contributed by atoms with E-state index >= 15 is 0 Å². The number of hydrogen-bond donors (Lipinski definition) is 1. The van der Waals surface area contributed by atoms with Crippen molar-refractivity contribution in [1.29, 1.82) is 0 Å². The Hall–Kier alpha value is -2.84. The van der Waals surface area contributed by atoms with Gasteiger partial charge in [0.25, 0.3) is 0 Å². The molecule has 8 heteroatoms. The summed E-state index contributed by atoms with van der Waals surface area (Å²) in [5.41, 5.74) is 1.38. The van der Waals surface area contributed by atoms with E-state index in [1.807, 2.05) is 0 Å². The summed E-state index contributed by atoms with van der Waals surface area (Å²) >= 11 is 1.27. The van der Waals surface area contributed by atoms with Gasteiger partial charge in [-0.15, -0.1) is 11.3 Å². The van der Waals surface area contributed by atoms with Gasteiger partial charge in [0.05, 0.1) is 25.2 Å². The van der Waals surface area contributed by atoms with Crippen LogP contribution >= 0.6 is 11.3 Å². The van der Waals surface area contributed by atoms with Crippen molar-refractivity contribution in [3.05, 3.63) is 52.2 Å². The summed E-state index contributed by atoms with van der Waals surface area (Å²) in [7, 11) is 1.54. The van der Waals surface area contributed by atoms with Crippen molar-refractivity contribution in [3.63, 3.8) is 0 Å². The Bertz CT molecular complexity index is 962. The van der Waals surface area contributed by atoms with Crippen molar-refractivity contribution >= 4 is 17.3 Å². The van der Waals surface area contributed by atoms with Gasteiger partial charge in [0.2, 0.25) is 5.89 Å². The maximum Gasteiger partial charge on any atom is 0.348 e. The molecule has 3 rings (SSSR count). The number of nitrogens with zero attached hydrogens (tertiary/aromatic N) is 1. The van der Waals surface area contributed by atoms with E-state index in [0.717, 1.165) is 10.4 Å². The van der Waals surface area contributed by atoms with Gasteiger partial charge in [-0.3, -0.25) is 0 Å². The van der Waals surface area contributed by atoms with E-state index in [1.165, 1.54) is 11.3 Å². The normalized spacial score (nSPS) is 10.7. The third kappa shape index (κ3) is 4.35. The first-order chi connectivity index (χ1) is 13.5. The molecule has 0 aliphatic carbocycles. The summed E-state index contributed by atoms with van der Waals surface area (Å²) in [6, 6.07) is 8.71. The highest BCUT2D eigenvalue weighted by molar-refractivity contribution is 7.17. The average molecular weight is 403 g/mol. The average Bonchev–Trinajstić information content (AvgIpc) is 3.33. The van der Waals surface area contributed by atoms with E-state index in [4.69, 9.17) is 18.6 Å². The smallest absolute Gasteiger partial charge is 0.348 e. The Labute approximate surface area is 166 Å². The van der Waals surface area contributed by atoms with E-state index in [-0.39, 0.29) is 19.2 Å². The quantitative estimate of drug-likeness (QED) is 0.569. The number of esters is 1. The van der Waals surface area contributed by atoms with Gasteiger partial charge in [0, 0.05) is 0 Å². The number of ether oxygens (including phenoxy) is 3. The van der Waals surface area contributed by atoms with Crippen molar-refractivity contribution in [2.75, 3.05) is 13.7 Å². The van der Waals surface area contributed by atoms with Crippen LogP contribution in [0.3, 0.4) is 0 Å². The van der Waals surface area contributed by atoms with Gasteiger partial charge in [0.15, 0.2) is 11.5 Å². The Balaban J connectivity index is 1.74. The minimum absolute atomic E-state index is 0.0724. The topological polar surface area (TPSA) is 91.0 Å². The van der Waals surface area contributed by atoms with Gasteiger partial charge < -0.3 is 23.7 Å². The number of oxazole rings is 1. The van der Waals surface area contributed by atoms with Crippen LogP contribution in [0.4, 0.5) is 0 Å². The number of hydrogen-bond acceptors (Lipinski definition) is 8. The van der Waals surface area contributed by atoms with Crippen molar-refractivity contribution in [2.24, 2.45) is 0 Å². The molecule has 0 unspecified atom stereocenters. The maximum absolute atomic E-state index is 11.8. The lowest BCUT2D eigenvalue weighted by Crippen LogP contribution is -2.01. The first kappa shape index (κ1) is 19.9. The lowest BCUT2D eigenvalue weighted by Gasteiger charge is -2.10. The van der Waals surface area contributed by atoms with Crippen molar-refractivity contribution in [3.8, 4) is 22.3 Å². The summed E-state index contributed by atoms with van der Waals surface area (Å²) in [6.45, 7) is 4.02. The van der Waals surface area contributed by atoms with Crippen LogP contribution < -0.4 is 9.47 Å². The predicted octanol–water partition coefficient (Wildman–Crippen LogP) is 3.97. The number of carbonyl (C=O) groups excluding carboxylic acids is 1. The Morgan fingerprint density at radius 1 is 1.25 bits per heavy atom. The zero-order valence-corrected chi connectivity index (χ0v) is 16.7. The summed E-state index contributed by atoms with van der Waals surface area (Å²) in [4.78, 5) is 17.5. The Morgan fingerprint density at radius 2 is 2.07 bits per heavy atom. The molecular weight excluding hydrogens is 382 g/mol. The molecule has 0 atom stereocenters. The van der Waals surface area contributed by atoms with Crippen LogP contribution in [-0.4, -0.2) is 29.8 Å². The number of thiophene rings is 1. The molecule has 0 bridgehead atoms. The Kier molecular flexibility index (Phi) is 6.33. The lowest BCUT2D eigenvalue weighted by molar-refractivity contribution is 0.0532. The van der Waals surface area contributed by atoms with E-state index < -0.39 is 0 Å². The fourth-order valence-electron chi connectivity index (χ4n) is 2.51. The molecule has 0 amide bonds. The highest BCUT2D eigenvalue weighted by Gasteiger charge is 2.17. The van der Waals surface area contributed by atoms with Crippen LogP contribution in [0.25, 0.3) is 10.8 Å². The molecule has 3 aromatic rings. The minimum Gasteiger partial charge on any atom is -0.493 e. The number of aryl methyl sites for hydroxylation is 1. The highest BCUT2D eigenvalue weighted by Crippen LogP contribution is 2.31. The monoisotopic (exact) mass is 403 g/mol. The summed E-state index contributed by atoms with van der Waals surface area (Å²) in [5, 5.41) is 9.22. The fraction of sp³-hybridized carbons (Fsp3) is 0.300. The molecule has 7 nitrogen and oxygen atoms in total. The van der Waals surface area contributed by atoms with Crippen molar-refractivity contribution in [2.45, 2.75) is 27.1 Å². The predicted molar refractivity (Wildman–Crippen MR) is 104 cm³/mol. The highest BCUT2D eigenvalue weighted by atomic mass is 32.1. The first-order valence-corrected chi connectivity index (χ1v) is 9.51. The van der Waals surface area contributed by atoms with Crippen LogP contribution in [-0.2, 0) is 18.0 Å². The molecule has 2 heterocycles. The first-order valence-electron chi connectivity index (χ1n) is 8.69. The van der Waals surface area contributed by atoms with Gasteiger partial charge >= 0.3 is 5.97 Å². The number of aromatic nitrogens is 1. The number of aliphatic hydroxyl groups excluding tert-OH is 1. The molecular formula is C20H21NO6S. The fourth-order valence-corrected chi connectivity index (χ4v) is 3.33. The zero-order chi connectivity index (χ0) is 20.1. The molecule has 2 aromatic heterocycles. The van der Waals surface area contributed by atoms with Crippen LogP contribution in [0.2, 0.25) is 0 Å². The molecule has 0 saturated carbocycles. The number of benzene rings is 1. The SMILES string of the molecule is CCOC(=O)c1ccc(-c2nc(COc3ccc(CO)cc3OC)c(C)o2)s1. The molecule has 0 aliphatic rings. The second-order valence-corrected chi connectivity index (χ2v) is 6.92. The van der Waals surface area contributed by atoms with E-state index in [2.05, 4.69) is 4.98 Å². The van der Waals surface area contributed by atoms with E-state index in [1.54, 1.807) is 51.3 Å². The molecule has 0 saturated heterocycles. The largest absolute Gasteiger partial charge is 0.493 e. The van der Waals surface area contributed by atoms with Gasteiger partial charge in [-0.1, -0.05) is 6.07 Å². The van der Waals surface area contributed by atoms with E-state index in [9.17, 15) is 9.90 Å². The number of carbonyl (C=O) groups is 1. The summed E-state index contributed by atoms with van der Waals surface area (Å²) in [6.07, 6.45) is 0. The second-order valence-electron chi connectivity index (χ2n) is 5.84. The molecule has 1 N–H and O–H groups in total. The molecule has 0 spiro atoms. The van der Waals surface area contributed by atoms with Gasteiger partial charge in [-0.2, -0.15) is 0 Å². The standard InChI is InChI=1S/C20H21NO6S/c1-4-25-20(23)18-8-7-17(28-18)19-21-14(12(2)27-19)11-26-15-6-5-13(10-22)9-16(15)24-3/h5-9,22H,4,10-11H2,1-3H3. The Morgan fingerprint density at radius 3 is 2.79 bits per heavy atom. The number of aliphatic hydroxyl groups is 1. The van der Waals surface area contributed by atoms with Gasteiger partial charge in [-0.25, -0.2) is 9.78 Å². The molecule has 0 fully saturated rings. The van der Waals surface area contributed by atoms with Gasteiger partial charge in [0.1, 0.15) is 22.9 Å².